The molecule has 1 saturated heterocycles. The summed E-state index contributed by atoms with van der Waals surface area (Å²) in [6.07, 6.45) is 0. The normalized spacial score (nSPS) is 16.4. The van der Waals surface area contributed by atoms with Crippen LogP contribution in [0.1, 0.15) is 19.4 Å². The van der Waals surface area contributed by atoms with Gasteiger partial charge in [0, 0.05) is 37.9 Å². The summed E-state index contributed by atoms with van der Waals surface area (Å²) < 4.78 is 14.0. The third-order valence-electron chi connectivity index (χ3n) is 3.84. The topological polar surface area (TPSA) is 35.6 Å². The Morgan fingerprint density at radius 3 is 2.48 bits per heavy atom. The summed E-state index contributed by atoms with van der Waals surface area (Å²) in [6, 6.07) is 3.35. The number of nitrogens with one attached hydrogen (secondary N) is 1. The lowest BCUT2D eigenvalue weighted by molar-refractivity contribution is 0.125. The van der Waals surface area contributed by atoms with Crippen LogP contribution in [-0.4, -0.2) is 48.1 Å². The molecule has 1 aromatic rings. The van der Waals surface area contributed by atoms with Crippen molar-refractivity contribution < 1.29 is 9.18 Å². The van der Waals surface area contributed by atoms with Gasteiger partial charge in [0.15, 0.2) is 0 Å². The number of benzene rings is 1. The first-order valence-electron chi connectivity index (χ1n) is 7.14. The Balaban J connectivity index is 1.98. The van der Waals surface area contributed by atoms with Crippen molar-refractivity contribution >= 4 is 27.6 Å². The van der Waals surface area contributed by atoms with E-state index in [-0.39, 0.29) is 11.8 Å². The maximum Gasteiger partial charge on any atom is 0.321 e. The van der Waals surface area contributed by atoms with Crippen molar-refractivity contribution in [1.29, 1.82) is 0 Å². The Morgan fingerprint density at radius 1 is 1.29 bits per heavy atom. The van der Waals surface area contributed by atoms with Gasteiger partial charge in [0.1, 0.15) is 5.82 Å². The van der Waals surface area contributed by atoms with Crippen LogP contribution < -0.4 is 5.32 Å². The Hall–Kier alpha value is -1.14. The van der Waals surface area contributed by atoms with Gasteiger partial charge in [0.05, 0.1) is 4.47 Å². The molecular weight excluding hydrogens is 337 g/mol. The fraction of sp³-hybridized carbons (Fsp3) is 0.533. The summed E-state index contributed by atoms with van der Waals surface area (Å²) in [5.41, 5.74) is 1.35. The zero-order valence-corrected chi connectivity index (χ0v) is 14.2. The van der Waals surface area contributed by atoms with Crippen molar-refractivity contribution in [3.05, 3.63) is 28.0 Å². The average Bonchev–Trinajstić information content (AvgIpc) is 2.44. The minimum absolute atomic E-state index is 0.164. The molecule has 0 bridgehead atoms. The Morgan fingerprint density at radius 2 is 1.90 bits per heavy atom. The molecule has 0 atom stereocenters. The number of hydrogen-bond acceptors (Lipinski definition) is 2. The quantitative estimate of drug-likeness (QED) is 0.879. The second-order valence-electron chi connectivity index (χ2n) is 5.63. The summed E-state index contributed by atoms with van der Waals surface area (Å²) in [5, 5.41) is 2.80. The number of amides is 2. The van der Waals surface area contributed by atoms with E-state index in [2.05, 4.69) is 40.0 Å². The van der Waals surface area contributed by atoms with Crippen molar-refractivity contribution in [3.8, 4) is 0 Å². The zero-order valence-electron chi connectivity index (χ0n) is 12.6. The SMILES string of the molecule is Cc1cc(Br)c(F)cc1NC(=O)N1CCN(C(C)C)CC1. The zero-order chi connectivity index (χ0) is 15.6. The van der Waals surface area contributed by atoms with E-state index in [1.54, 1.807) is 11.0 Å². The van der Waals surface area contributed by atoms with E-state index in [4.69, 9.17) is 0 Å². The van der Waals surface area contributed by atoms with E-state index in [0.29, 0.717) is 29.3 Å². The first kappa shape index (κ1) is 16.2. The van der Waals surface area contributed by atoms with Gasteiger partial charge in [-0.25, -0.2) is 9.18 Å². The second kappa shape index (κ2) is 6.75. The summed E-state index contributed by atoms with van der Waals surface area (Å²) in [7, 11) is 0. The van der Waals surface area contributed by atoms with Gasteiger partial charge in [-0.3, -0.25) is 4.90 Å². The van der Waals surface area contributed by atoms with E-state index < -0.39 is 0 Å². The second-order valence-corrected chi connectivity index (χ2v) is 6.48. The molecule has 0 aliphatic carbocycles. The number of nitrogens with zero attached hydrogens (tertiary/aromatic N) is 2. The molecule has 116 valence electrons. The molecule has 0 radical (unpaired) electrons. The number of aryl methyl sites for hydroxylation is 1. The molecule has 6 heteroatoms. The van der Waals surface area contributed by atoms with Crippen molar-refractivity contribution in [2.24, 2.45) is 0 Å². The minimum Gasteiger partial charge on any atom is -0.322 e. The van der Waals surface area contributed by atoms with Crippen LogP contribution in [-0.2, 0) is 0 Å². The third kappa shape index (κ3) is 3.95. The number of hydrogen-bond donors (Lipinski definition) is 1. The smallest absolute Gasteiger partial charge is 0.321 e. The third-order valence-corrected chi connectivity index (χ3v) is 4.45. The highest BCUT2D eigenvalue weighted by Gasteiger charge is 2.22. The molecule has 2 rings (SSSR count). The minimum atomic E-state index is -0.375. The first-order chi connectivity index (χ1) is 9.88. The fourth-order valence-corrected chi connectivity index (χ4v) is 2.87. The molecule has 1 aliphatic heterocycles. The molecule has 0 unspecified atom stereocenters. The Bertz CT molecular complexity index is 528. The first-order valence-corrected chi connectivity index (χ1v) is 7.93. The monoisotopic (exact) mass is 357 g/mol. The summed E-state index contributed by atoms with van der Waals surface area (Å²) in [4.78, 5) is 16.4. The van der Waals surface area contributed by atoms with Gasteiger partial charge in [0.25, 0.3) is 0 Å². The summed E-state index contributed by atoms with van der Waals surface area (Å²) in [6.45, 7) is 9.30. The molecule has 1 aromatic carbocycles. The maximum atomic E-state index is 13.6. The van der Waals surface area contributed by atoms with Gasteiger partial charge in [0.2, 0.25) is 0 Å². The van der Waals surface area contributed by atoms with Crippen molar-refractivity contribution in [2.45, 2.75) is 26.8 Å². The predicted octanol–water partition coefficient (Wildman–Crippen LogP) is 3.45. The van der Waals surface area contributed by atoms with Crippen LogP contribution in [0.5, 0.6) is 0 Å². The number of carbonyl (C=O) groups excluding carboxylic acids is 1. The standard InChI is InChI=1S/C15H21BrFN3O/c1-10(2)19-4-6-20(7-5-19)15(21)18-14-9-13(17)12(16)8-11(14)3/h8-10H,4-7H2,1-3H3,(H,18,21). The lowest BCUT2D eigenvalue weighted by Gasteiger charge is -2.36. The molecule has 1 fully saturated rings. The van der Waals surface area contributed by atoms with E-state index in [1.807, 2.05) is 6.92 Å². The van der Waals surface area contributed by atoms with Gasteiger partial charge in [-0.05, 0) is 54.4 Å². The van der Waals surface area contributed by atoms with E-state index >= 15 is 0 Å². The molecule has 1 heterocycles. The van der Waals surface area contributed by atoms with Crippen LogP contribution in [0.25, 0.3) is 0 Å². The fourth-order valence-electron chi connectivity index (χ4n) is 2.42. The molecule has 0 aromatic heterocycles. The van der Waals surface area contributed by atoms with Crippen LogP contribution >= 0.6 is 15.9 Å². The van der Waals surface area contributed by atoms with Crippen LogP contribution in [0.2, 0.25) is 0 Å². The maximum absolute atomic E-state index is 13.6. The molecule has 4 nitrogen and oxygen atoms in total. The van der Waals surface area contributed by atoms with E-state index in [0.717, 1.165) is 18.7 Å². The van der Waals surface area contributed by atoms with Crippen molar-refractivity contribution in [1.82, 2.24) is 9.80 Å². The van der Waals surface area contributed by atoms with Crippen LogP contribution in [0.3, 0.4) is 0 Å². The summed E-state index contributed by atoms with van der Waals surface area (Å²) in [5.74, 6) is -0.375. The molecule has 0 saturated carbocycles. The van der Waals surface area contributed by atoms with Gasteiger partial charge in [-0.2, -0.15) is 0 Å². The van der Waals surface area contributed by atoms with Gasteiger partial charge < -0.3 is 10.2 Å². The number of piperazine rings is 1. The number of rotatable bonds is 2. The number of carbonyl (C=O) groups is 1. The number of urea groups is 1. The average molecular weight is 358 g/mol. The molecule has 2 amide bonds. The van der Waals surface area contributed by atoms with E-state index in [9.17, 15) is 9.18 Å². The van der Waals surface area contributed by atoms with Crippen LogP contribution in [0.4, 0.5) is 14.9 Å². The van der Waals surface area contributed by atoms with Crippen LogP contribution in [0.15, 0.2) is 16.6 Å². The highest BCUT2D eigenvalue weighted by molar-refractivity contribution is 9.10. The highest BCUT2D eigenvalue weighted by atomic mass is 79.9. The number of halogens is 2. The molecule has 21 heavy (non-hydrogen) atoms. The lowest BCUT2D eigenvalue weighted by atomic mass is 10.2. The molecule has 0 spiro atoms. The lowest BCUT2D eigenvalue weighted by Crippen LogP contribution is -2.51. The van der Waals surface area contributed by atoms with Crippen LogP contribution in [0, 0.1) is 12.7 Å². The molecule has 1 aliphatic rings. The van der Waals surface area contributed by atoms with Gasteiger partial charge in [-0.1, -0.05) is 0 Å². The van der Waals surface area contributed by atoms with E-state index in [1.165, 1.54) is 6.07 Å². The largest absolute Gasteiger partial charge is 0.322 e. The van der Waals surface area contributed by atoms with Gasteiger partial charge in [-0.15, -0.1) is 0 Å². The Kier molecular flexibility index (Phi) is 5.22. The molecular formula is C15H21BrFN3O. The number of anilines is 1. The summed E-state index contributed by atoms with van der Waals surface area (Å²) >= 11 is 3.14. The van der Waals surface area contributed by atoms with Crippen molar-refractivity contribution in [2.75, 3.05) is 31.5 Å². The molecule has 1 N–H and O–H groups in total. The Labute approximate surface area is 133 Å². The van der Waals surface area contributed by atoms with Crippen molar-refractivity contribution in [3.63, 3.8) is 0 Å². The van der Waals surface area contributed by atoms with Gasteiger partial charge >= 0.3 is 6.03 Å². The highest BCUT2D eigenvalue weighted by Crippen LogP contribution is 2.24. The predicted molar refractivity (Wildman–Crippen MR) is 86.1 cm³/mol.